The molecule has 3 rings (SSSR count). The molecule has 35 heavy (non-hydrogen) atoms. The molecule has 0 saturated heterocycles. The van der Waals surface area contributed by atoms with Crippen molar-refractivity contribution in [2.45, 2.75) is 32.1 Å². The molecule has 9 heteroatoms. The number of rotatable bonds is 11. The van der Waals surface area contributed by atoms with Crippen LogP contribution in [0.25, 0.3) is 0 Å². The van der Waals surface area contributed by atoms with Crippen LogP contribution < -0.4 is 19.0 Å². The van der Waals surface area contributed by atoms with Gasteiger partial charge in [-0.05, 0) is 80.4 Å². The highest BCUT2D eigenvalue weighted by Crippen LogP contribution is 2.29. The van der Waals surface area contributed by atoms with E-state index >= 15 is 0 Å². The zero-order chi connectivity index (χ0) is 25.3. The van der Waals surface area contributed by atoms with Gasteiger partial charge in [-0.2, -0.15) is 13.5 Å². The van der Waals surface area contributed by atoms with E-state index in [1.54, 1.807) is 61.5 Å². The van der Waals surface area contributed by atoms with Crippen LogP contribution in [-0.2, 0) is 10.0 Å². The molecule has 0 heterocycles. The second-order valence-electron chi connectivity index (χ2n) is 7.57. The molecule has 0 aliphatic heterocycles. The van der Waals surface area contributed by atoms with Crippen LogP contribution in [0.1, 0.15) is 41.8 Å². The van der Waals surface area contributed by atoms with Crippen molar-refractivity contribution >= 4 is 22.2 Å². The first-order chi connectivity index (χ1) is 16.8. The van der Waals surface area contributed by atoms with Gasteiger partial charge in [-0.15, -0.1) is 0 Å². The van der Waals surface area contributed by atoms with E-state index in [1.165, 1.54) is 18.3 Å². The van der Waals surface area contributed by atoms with Gasteiger partial charge < -0.3 is 14.2 Å². The monoisotopic (exact) mass is 496 g/mol. The second kappa shape index (κ2) is 12.0. The van der Waals surface area contributed by atoms with Crippen molar-refractivity contribution in [3.8, 4) is 17.2 Å². The lowest BCUT2D eigenvalue weighted by molar-refractivity contribution is 0.0728. The fourth-order valence-corrected chi connectivity index (χ4v) is 3.76. The molecule has 0 spiro atoms. The van der Waals surface area contributed by atoms with Gasteiger partial charge in [0, 0.05) is 0 Å². The summed E-state index contributed by atoms with van der Waals surface area (Å²) in [5.41, 5.74) is 1.87. The third-order valence-corrected chi connectivity index (χ3v) is 5.99. The average molecular weight is 497 g/mol. The minimum atomic E-state index is -3.79. The number of aryl methyl sites for hydroxylation is 1. The van der Waals surface area contributed by atoms with Gasteiger partial charge >= 0.3 is 5.97 Å². The van der Waals surface area contributed by atoms with Crippen molar-refractivity contribution in [2.75, 3.05) is 13.2 Å². The number of hydrazone groups is 1. The van der Waals surface area contributed by atoms with Gasteiger partial charge in [0.15, 0.2) is 11.5 Å². The van der Waals surface area contributed by atoms with Crippen LogP contribution in [0.3, 0.4) is 0 Å². The number of hydrogen-bond donors (Lipinski definition) is 1. The number of benzene rings is 3. The summed E-state index contributed by atoms with van der Waals surface area (Å²) in [4.78, 5) is 14.9. The molecule has 1 N–H and O–H groups in total. The first-order valence-corrected chi connectivity index (χ1v) is 12.6. The van der Waals surface area contributed by atoms with Gasteiger partial charge in [0.2, 0.25) is 0 Å². The van der Waals surface area contributed by atoms with E-state index in [4.69, 9.17) is 14.2 Å². The summed E-state index contributed by atoms with van der Waals surface area (Å²) in [5.74, 6) is 0.704. The Morgan fingerprint density at radius 1 is 0.943 bits per heavy atom. The zero-order valence-corrected chi connectivity index (χ0v) is 20.7. The smallest absolute Gasteiger partial charge is 0.343 e. The quantitative estimate of drug-likeness (QED) is 0.178. The minimum absolute atomic E-state index is 0.113. The van der Waals surface area contributed by atoms with Gasteiger partial charge in [0.1, 0.15) is 5.75 Å². The Balaban J connectivity index is 1.70. The molecule has 0 saturated carbocycles. The largest absolute Gasteiger partial charge is 0.494 e. The molecule has 0 bridgehead atoms. The number of carbonyl (C=O) groups is 1. The standard InChI is InChI=1S/C26H28N2O6S/c1-4-16-33-22-11-9-21(10-12-22)26(29)34-24-15-8-20(17-25(24)32-5-2)18-27-28-35(30,31)23-13-6-19(3)7-14-23/h6-15,17-18,28H,4-5,16H2,1-3H3. The van der Waals surface area contributed by atoms with Gasteiger partial charge in [-0.25, -0.2) is 9.63 Å². The maximum Gasteiger partial charge on any atom is 0.343 e. The first-order valence-electron chi connectivity index (χ1n) is 11.2. The highest BCUT2D eigenvalue weighted by molar-refractivity contribution is 7.89. The summed E-state index contributed by atoms with van der Waals surface area (Å²) in [6.07, 6.45) is 2.23. The summed E-state index contributed by atoms with van der Waals surface area (Å²) >= 11 is 0. The first kappa shape index (κ1) is 25.8. The number of sulfonamides is 1. The highest BCUT2D eigenvalue weighted by Gasteiger charge is 2.14. The third-order valence-electron chi connectivity index (χ3n) is 4.75. The Morgan fingerprint density at radius 3 is 2.31 bits per heavy atom. The summed E-state index contributed by atoms with van der Waals surface area (Å²) in [5, 5.41) is 3.84. The number of ether oxygens (including phenoxy) is 3. The zero-order valence-electron chi connectivity index (χ0n) is 19.9. The van der Waals surface area contributed by atoms with Crippen molar-refractivity contribution in [1.29, 1.82) is 0 Å². The molecule has 0 unspecified atom stereocenters. The Kier molecular flexibility index (Phi) is 8.86. The number of esters is 1. The molecule has 3 aromatic carbocycles. The Morgan fingerprint density at radius 2 is 1.66 bits per heavy atom. The van der Waals surface area contributed by atoms with Crippen molar-refractivity contribution < 1.29 is 27.4 Å². The summed E-state index contributed by atoms with van der Waals surface area (Å²) in [6.45, 7) is 6.64. The highest BCUT2D eigenvalue weighted by atomic mass is 32.2. The molecule has 0 fully saturated rings. The summed E-state index contributed by atoms with van der Waals surface area (Å²) in [7, 11) is -3.79. The van der Waals surface area contributed by atoms with E-state index in [0.29, 0.717) is 35.8 Å². The molecular formula is C26H28N2O6S. The van der Waals surface area contributed by atoms with E-state index in [2.05, 4.69) is 9.93 Å². The van der Waals surface area contributed by atoms with Crippen LogP contribution in [0, 0.1) is 6.92 Å². The Bertz CT molecular complexity index is 1270. The van der Waals surface area contributed by atoms with E-state index in [1.807, 2.05) is 13.8 Å². The number of nitrogens with one attached hydrogen (secondary N) is 1. The maximum absolute atomic E-state index is 12.6. The van der Waals surface area contributed by atoms with Gasteiger partial charge in [-0.1, -0.05) is 24.6 Å². The average Bonchev–Trinajstić information content (AvgIpc) is 2.85. The van der Waals surface area contributed by atoms with Crippen molar-refractivity contribution in [1.82, 2.24) is 4.83 Å². The number of hydrogen-bond acceptors (Lipinski definition) is 7. The lowest BCUT2D eigenvalue weighted by atomic mass is 10.2. The molecule has 0 aliphatic rings. The predicted molar refractivity (Wildman–Crippen MR) is 134 cm³/mol. The lowest BCUT2D eigenvalue weighted by Crippen LogP contribution is -2.18. The van der Waals surface area contributed by atoms with Crippen LogP contribution in [0.5, 0.6) is 17.2 Å². The topological polar surface area (TPSA) is 103 Å². The van der Waals surface area contributed by atoms with Gasteiger partial charge in [0.25, 0.3) is 10.0 Å². The predicted octanol–water partition coefficient (Wildman–Crippen LogP) is 4.71. The molecule has 0 radical (unpaired) electrons. The lowest BCUT2D eigenvalue weighted by Gasteiger charge is -2.12. The fraction of sp³-hybridized carbons (Fsp3) is 0.231. The van der Waals surface area contributed by atoms with E-state index in [-0.39, 0.29) is 10.6 Å². The molecule has 0 aromatic heterocycles. The summed E-state index contributed by atoms with van der Waals surface area (Å²) in [6, 6.07) is 17.9. The van der Waals surface area contributed by atoms with E-state index < -0.39 is 16.0 Å². The van der Waals surface area contributed by atoms with E-state index in [9.17, 15) is 13.2 Å². The normalized spacial score (nSPS) is 11.3. The number of nitrogens with zero attached hydrogens (tertiary/aromatic N) is 1. The molecule has 3 aromatic rings. The van der Waals surface area contributed by atoms with Crippen LogP contribution in [0.2, 0.25) is 0 Å². The molecule has 0 amide bonds. The van der Waals surface area contributed by atoms with Crippen LogP contribution >= 0.6 is 0 Å². The van der Waals surface area contributed by atoms with Gasteiger partial charge in [-0.3, -0.25) is 0 Å². The molecule has 8 nitrogen and oxygen atoms in total. The molecule has 184 valence electrons. The van der Waals surface area contributed by atoms with Crippen molar-refractivity contribution in [3.05, 3.63) is 83.4 Å². The Labute approximate surface area is 205 Å². The third kappa shape index (κ3) is 7.31. The van der Waals surface area contributed by atoms with E-state index in [0.717, 1.165) is 12.0 Å². The summed E-state index contributed by atoms with van der Waals surface area (Å²) < 4.78 is 41.4. The Hall–Kier alpha value is -3.85. The second-order valence-corrected chi connectivity index (χ2v) is 9.23. The van der Waals surface area contributed by atoms with Crippen molar-refractivity contribution in [2.24, 2.45) is 5.10 Å². The molecular weight excluding hydrogens is 468 g/mol. The van der Waals surface area contributed by atoms with Crippen LogP contribution in [0.15, 0.2) is 76.7 Å². The molecule has 0 atom stereocenters. The van der Waals surface area contributed by atoms with Crippen LogP contribution in [-0.4, -0.2) is 33.8 Å². The SMILES string of the molecule is CCCOc1ccc(C(=O)Oc2ccc(C=NNS(=O)(=O)c3ccc(C)cc3)cc2OCC)cc1. The molecule has 0 aliphatic carbocycles. The maximum atomic E-state index is 12.6. The van der Waals surface area contributed by atoms with Gasteiger partial charge in [0.05, 0.1) is 29.9 Å². The fourth-order valence-electron chi connectivity index (χ4n) is 2.96. The minimum Gasteiger partial charge on any atom is -0.494 e. The number of carbonyl (C=O) groups excluding carboxylic acids is 1. The van der Waals surface area contributed by atoms with Crippen molar-refractivity contribution in [3.63, 3.8) is 0 Å². The van der Waals surface area contributed by atoms with Crippen LogP contribution in [0.4, 0.5) is 0 Å².